The van der Waals surface area contributed by atoms with Crippen LogP contribution in [-0.4, -0.2) is 30.4 Å². The predicted octanol–water partition coefficient (Wildman–Crippen LogP) is 2.17. The quantitative estimate of drug-likeness (QED) is 0.847. The van der Waals surface area contributed by atoms with Crippen molar-refractivity contribution in [3.63, 3.8) is 0 Å². The molecular formula is C13H18F2N2O. The molecule has 3 nitrogen and oxygen atoms in total. The molecule has 0 fully saturated rings. The zero-order valence-electron chi connectivity index (χ0n) is 10.5. The van der Waals surface area contributed by atoms with E-state index < -0.39 is 11.6 Å². The van der Waals surface area contributed by atoms with Crippen molar-refractivity contribution in [1.82, 2.24) is 4.90 Å². The number of carbonyl (C=O) groups excluding carboxylic acids is 1. The summed E-state index contributed by atoms with van der Waals surface area (Å²) < 4.78 is 26.1. The Morgan fingerprint density at radius 1 is 1.22 bits per heavy atom. The van der Waals surface area contributed by atoms with E-state index in [1.165, 1.54) is 0 Å². The Morgan fingerprint density at radius 2 is 1.83 bits per heavy atom. The van der Waals surface area contributed by atoms with Crippen LogP contribution in [0.4, 0.5) is 8.78 Å². The van der Waals surface area contributed by atoms with Gasteiger partial charge in [0.2, 0.25) is 0 Å². The average molecular weight is 256 g/mol. The Hall–Kier alpha value is -1.49. The number of benzene rings is 1. The molecule has 0 bridgehead atoms. The number of amides is 1. The molecule has 0 aromatic heterocycles. The zero-order valence-corrected chi connectivity index (χ0v) is 10.5. The van der Waals surface area contributed by atoms with Crippen LogP contribution in [0.3, 0.4) is 0 Å². The predicted molar refractivity (Wildman–Crippen MR) is 66.2 cm³/mol. The monoisotopic (exact) mass is 256 g/mol. The van der Waals surface area contributed by atoms with Gasteiger partial charge in [-0.2, -0.15) is 0 Å². The van der Waals surface area contributed by atoms with Gasteiger partial charge in [0.25, 0.3) is 5.91 Å². The van der Waals surface area contributed by atoms with Crippen LogP contribution in [0, 0.1) is 11.6 Å². The van der Waals surface area contributed by atoms with E-state index in [0.29, 0.717) is 26.1 Å². The van der Waals surface area contributed by atoms with Crippen molar-refractivity contribution in [2.45, 2.75) is 19.8 Å². The molecule has 0 unspecified atom stereocenters. The standard InChI is InChI=1S/C13H18F2N2O/c1-2-5-17(6-3-4-16)13(18)10-7-11(14)9-12(15)8-10/h7-9H,2-6,16H2,1H3. The summed E-state index contributed by atoms with van der Waals surface area (Å²) in [5.41, 5.74) is 5.44. The van der Waals surface area contributed by atoms with Crippen LogP contribution in [0.1, 0.15) is 30.1 Å². The first-order valence-electron chi connectivity index (χ1n) is 6.04. The van der Waals surface area contributed by atoms with Gasteiger partial charge >= 0.3 is 0 Å². The fourth-order valence-electron chi connectivity index (χ4n) is 1.73. The van der Waals surface area contributed by atoms with Crippen LogP contribution < -0.4 is 5.73 Å². The molecule has 0 radical (unpaired) electrons. The molecule has 1 aromatic rings. The maximum absolute atomic E-state index is 13.1. The van der Waals surface area contributed by atoms with Crippen molar-refractivity contribution in [3.8, 4) is 0 Å². The maximum Gasteiger partial charge on any atom is 0.254 e. The molecule has 0 aliphatic heterocycles. The van der Waals surface area contributed by atoms with Gasteiger partial charge in [-0.3, -0.25) is 4.79 Å². The third kappa shape index (κ3) is 4.07. The molecule has 0 atom stereocenters. The van der Waals surface area contributed by atoms with E-state index in [2.05, 4.69) is 0 Å². The minimum atomic E-state index is -0.742. The molecule has 0 aliphatic carbocycles. The van der Waals surface area contributed by atoms with E-state index in [0.717, 1.165) is 24.6 Å². The van der Waals surface area contributed by atoms with Gasteiger partial charge in [0.1, 0.15) is 11.6 Å². The summed E-state index contributed by atoms with van der Waals surface area (Å²) in [5.74, 6) is -1.84. The number of nitrogens with two attached hydrogens (primary N) is 1. The average Bonchev–Trinajstić information content (AvgIpc) is 2.32. The van der Waals surface area contributed by atoms with Gasteiger partial charge in [0.05, 0.1) is 0 Å². The molecule has 1 aromatic carbocycles. The minimum absolute atomic E-state index is 0.0398. The normalized spacial score (nSPS) is 10.4. The van der Waals surface area contributed by atoms with E-state index in [9.17, 15) is 13.6 Å². The molecule has 0 spiro atoms. The highest BCUT2D eigenvalue weighted by atomic mass is 19.1. The molecule has 1 rings (SSSR count). The molecule has 18 heavy (non-hydrogen) atoms. The Labute approximate surface area is 106 Å². The molecule has 0 aliphatic rings. The first-order chi connectivity index (χ1) is 8.58. The summed E-state index contributed by atoms with van der Waals surface area (Å²) >= 11 is 0. The molecule has 2 N–H and O–H groups in total. The van der Waals surface area contributed by atoms with Gasteiger partial charge in [0, 0.05) is 24.7 Å². The van der Waals surface area contributed by atoms with Crippen molar-refractivity contribution in [1.29, 1.82) is 0 Å². The van der Waals surface area contributed by atoms with Gasteiger partial charge in [-0.05, 0) is 31.5 Å². The van der Waals surface area contributed by atoms with Crippen LogP contribution in [0.25, 0.3) is 0 Å². The number of hydrogen-bond acceptors (Lipinski definition) is 2. The van der Waals surface area contributed by atoms with E-state index in [4.69, 9.17) is 5.73 Å². The van der Waals surface area contributed by atoms with Crippen molar-refractivity contribution < 1.29 is 13.6 Å². The van der Waals surface area contributed by atoms with E-state index in [1.54, 1.807) is 4.90 Å². The lowest BCUT2D eigenvalue weighted by atomic mass is 10.1. The lowest BCUT2D eigenvalue weighted by molar-refractivity contribution is 0.0753. The highest BCUT2D eigenvalue weighted by Crippen LogP contribution is 2.11. The van der Waals surface area contributed by atoms with Gasteiger partial charge in [-0.25, -0.2) is 8.78 Å². The fraction of sp³-hybridized carbons (Fsp3) is 0.462. The summed E-state index contributed by atoms with van der Waals surface area (Å²) in [6, 6.07) is 2.86. The van der Waals surface area contributed by atoms with Crippen LogP contribution in [0.2, 0.25) is 0 Å². The highest BCUT2D eigenvalue weighted by molar-refractivity contribution is 5.94. The number of nitrogens with zero attached hydrogens (tertiary/aromatic N) is 1. The summed E-state index contributed by atoms with van der Waals surface area (Å²) in [6.07, 6.45) is 1.46. The molecule has 0 saturated heterocycles. The molecule has 0 heterocycles. The SMILES string of the molecule is CCCN(CCCN)C(=O)c1cc(F)cc(F)c1. The van der Waals surface area contributed by atoms with Crippen LogP contribution in [0.5, 0.6) is 0 Å². The first-order valence-corrected chi connectivity index (χ1v) is 6.04. The Bertz CT molecular complexity index is 390. The molecule has 0 saturated carbocycles. The van der Waals surface area contributed by atoms with Crippen molar-refractivity contribution in [2.75, 3.05) is 19.6 Å². The topological polar surface area (TPSA) is 46.3 Å². The van der Waals surface area contributed by atoms with E-state index >= 15 is 0 Å². The van der Waals surface area contributed by atoms with Crippen molar-refractivity contribution in [2.24, 2.45) is 5.73 Å². The van der Waals surface area contributed by atoms with Gasteiger partial charge < -0.3 is 10.6 Å². The summed E-state index contributed by atoms with van der Waals surface area (Å²) in [7, 11) is 0. The Morgan fingerprint density at radius 3 is 2.33 bits per heavy atom. The molecule has 5 heteroatoms. The summed E-state index contributed by atoms with van der Waals surface area (Å²) in [6.45, 7) is 3.47. The van der Waals surface area contributed by atoms with Crippen LogP contribution in [-0.2, 0) is 0 Å². The highest BCUT2D eigenvalue weighted by Gasteiger charge is 2.16. The number of halogens is 2. The second-order valence-corrected chi connectivity index (χ2v) is 4.09. The van der Waals surface area contributed by atoms with E-state index in [1.807, 2.05) is 6.92 Å². The second kappa shape index (κ2) is 7.06. The number of rotatable bonds is 6. The third-order valence-corrected chi connectivity index (χ3v) is 2.52. The van der Waals surface area contributed by atoms with Crippen LogP contribution in [0.15, 0.2) is 18.2 Å². The third-order valence-electron chi connectivity index (χ3n) is 2.52. The maximum atomic E-state index is 13.1. The fourth-order valence-corrected chi connectivity index (χ4v) is 1.73. The van der Waals surface area contributed by atoms with Gasteiger partial charge in [0.15, 0.2) is 0 Å². The van der Waals surface area contributed by atoms with Crippen molar-refractivity contribution in [3.05, 3.63) is 35.4 Å². The Balaban J connectivity index is 2.86. The molecule has 100 valence electrons. The molecule has 1 amide bonds. The summed E-state index contributed by atoms with van der Waals surface area (Å²) in [4.78, 5) is 13.7. The zero-order chi connectivity index (χ0) is 13.5. The lowest BCUT2D eigenvalue weighted by Crippen LogP contribution is -2.33. The van der Waals surface area contributed by atoms with Crippen LogP contribution >= 0.6 is 0 Å². The van der Waals surface area contributed by atoms with Gasteiger partial charge in [-0.15, -0.1) is 0 Å². The first kappa shape index (κ1) is 14.6. The Kier molecular flexibility index (Phi) is 5.71. The van der Waals surface area contributed by atoms with Crippen molar-refractivity contribution >= 4 is 5.91 Å². The molecular weight excluding hydrogens is 238 g/mol. The largest absolute Gasteiger partial charge is 0.339 e. The number of hydrogen-bond donors (Lipinski definition) is 1. The minimum Gasteiger partial charge on any atom is -0.339 e. The summed E-state index contributed by atoms with van der Waals surface area (Å²) in [5, 5.41) is 0. The smallest absolute Gasteiger partial charge is 0.254 e. The van der Waals surface area contributed by atoms with Gasteiger partial charge in [-0.1, -0.05) is 6.92 Å². The van der Waals surface area contributed by atoms with E-state index in [-0.39, 0.29) is 11.5 Å². The number of carbonyl (C=O) groups is 1. The second-order valence-electron chi connectivity index (χ2n) is 4.09. The lowest BCUT2D eigenvalue weighted by Gasteiger charge is -2.22.